The Morgan fingerprint density at radius 2 is 2.43 bits per heavy atom. The Hall–Kier alpha value is -1.66. The van der Waals surface area contributed by atoms with Crippen LogP contribution in [0.15, 0.2) is 24.0 Å². The van der Waals surface area contributed by atoms with Crippen molar-refractivity contribution in [2.75, 3.05) is 13.1 Å². The fourth-order valence-electron chi connectivity index (χ4n) is 2.97. The van der Waals surface area contributed by atoms with Gasteiger partial charge < -0.3 is 15.2 Å². The summed E-state index contributed by atoms with van der Waals surface area (Å²) in [6.45, 7) is 4.13. The lowest BCUT2D eigenvalue weighted by atomic mass is 9.97. The highest BCUT2D eigenvalue weighted by atomic mass is 32.1. The van der Waals surface area contributed by atoms with E-state index in [9.17, 15) is 4.79 Å². The van der Waals surface area contributed by atoms with Crippen LogP contribution in [-0.4, -0.2) is 33.4 Å². The standard InChI is InChI=1S/C15H20N4OS/c1-2-13-11-4-8-21-14(11)3-6-19(13)15(20)12-9-18(7-5-16)10-17-12/h4,8-10,13H,2-3,5-7,16H2,1H3. The van der Waals surface area contributed by atoms with Crippen LogP contribution >= 0.6 is 11.3 Å². The fraction of sp³-hybridized carbons (Fsp3) is 0.467. The van der Waals surface area contributed by atoms with Crippen LogP contribution in [0.4, 0.5) is 0 Å². The minimum absolute atomic E-state index is 0.0227. The Bertz CT molecular complexity index is 633. The first-order chi connectivity index (χ1) is 10.2. The van der Waals surface area contributed by atoms with Crippen molar-refractivity contribution in [2.24, 2.45) is 5.73 Å². The van der Waals surface area contributed by atoms with E-state index in [0.717, 1.165) is 19.4 Å². The van der Waals surface area contributed by atoms with Crippen molar-refractivity contribution in [3.05, 3.63) is 40.1 Å². The van der Waals surface area contributed by atoms with Crippen molar-refractivity contribution in [3.8, 4) is 0 Å². The molecule has 5 nitrogen and oxygen atoms in total. The van der Waals surface area contributed by atoms with Crippen LogP contribution < -0.4 is 5.73 Å². The monoisotopic (exact) mass is 304 g/mol. The van der Waals surface area contributed by atoms with E-state index in [0.29, 0.717) is 18.8 Å². The highest BCUT2D eigenvalue weighted by molar-refractivity contribution is 7.10. The van der Waals surface area contributed by atoms with Crippen LogP contribution in [0.5, 0.6) is 0 Å². The summed E-state index contributed by atoms with van der Waals surface area (Å²) < 4.78 is 1.87. The van der Waals surface area contributed by atoms with Gasteiger partial charge in [-0.25, -0.2) is 4.98 Å². The number of thiophene rings is 1. The average molecular weight is 304 g/mol. The van der Waals surface area contributed by atoms with Crippen LogP contribution in [0.1, 0.15) is 40.3 Å². The van der Waals surface area contributed by atoms with Gasteiger partial charge in [-0.3, -0.25) is 4.79 Å². The number of hydrogen-bond acceptors (Lipinski definition) is 4. The highest BCUT2D eigenvalue weighted by Gasteiger charge is 2.31. The molecule has 1 amide bonds. The second-order valence-electron chi connectivity index (χ2n) is 5.26. The van der Waals surface area contributed by atoms with Crippen molar-refractivity contribution in [1.82, 2.24) is 14.5 Å². The minimum atomic E-state index is 0.0227. The van der Waals surface area contributed by atoms with Gasteiger partial charge in [0.1, 0.15) is 5.69 Å². The lowest BCUT2D eigenvalue weighted by Gasteiger charge is -2.35. The molecular weight excluding hydrogens is 284 g/mol. The summed E-state index contributed by atoms with van der Waals surface area (Å²) in [7, 11) is 0. The number of aromatic nitrogens is 2. The number of rotatable bonds is 4. The number of carbonyl (C=O) groups is 1. The summed E-state index contributed by atoms with van der Waals surface area (Å²) in [5, 5.41) is 2.12. The lowest BCUT2D eigenvalue weighted by molar-refractivity contribution is 0.0652. The molecule has 2 N–H and O–H groups in total. The summed E-state index contributed by atoms with van der Waals surface area (Å²) in [5.41, 5.74) is 7.35. The van der Waals surface area contributed by atoms with Gasteiger partial charge in [0, 0.05) is 30.7 Å². The molecule has 0 saturated carbocycles. The predicted molar refractivity (Wildman–Crippen MR) is 83.4 cm³/mol. The summed E-state index contributed by atoms with van der Waals surface area (Å²) in [4.78, 5) is 20.4. The molecule has 0 saturated heterocycles. The highest BCUT2D eigenvalue weighted by Crippen LogP contribution is 2.35. The van der Waals surface area contributed by atoms with Crippen LogP contribution in [0.3, 0.4) is 0 Å². The van der Waals surface area contributed by atoms with E-state index in [2.05, 4.69) is 23.4 Å². The van der Waals surface area contributed by atoms with Crippen molar-refractivity contribution in [1.29, 1.82) is 0 Å². The van der Waals surface area contributed by atoms with E-state index < -0.39 is 0 Å². The number of fused-ring (bicyclic) bond motifs is 1. The molecule has 2 aromatic rings. The summed E-state index contributed by atoms with van der Waals surface area (Å²) >= 11 is 1.79. The van der Waals surface area contributed by atoms with Crippen molar-refractivity contribution >= 4 is 17.2 Å². The molecule has 0 fully saturated rings. The molecule has 2 aromatic heterocycles. The molecule has 1 unspecified atom stereocenters. The molecule has 3 rings (SSSR count). The number of hydrogen-bond donors (Lipinski definition) is 1. The number of carbonyl (C=O) groups excluding carboxylic acids is 1. The van der Waals surface area contributed by atoms with Crippen LogP contribution in [-0.2, 0) is 13.0 Å². The third kappa shape index (κ3) is 2.61. The summed E-state index contributed by atoms with van der Waals surface area (Å²) in [5.74, 6) is 0.0227. The average Bonchev–Trinajstić information content (AvgIpc) is 3.14. The zero-order valence-electron chi connectivity index (χ0n) is 12.2. The normalized spacial score (nSPS) is 17.8. The molecule has 0 aliphatic carbocycles. The van der Waals surface area contributed by atoms with Gasteiger partial charge in [-0.2, -0.15) is 0 Å². The lowest BCUT2D eigenvalue weighted by Crippen LogP contribution is -2.39. The van der Waals surface area contributed by atoms with Gasteiger partial charge in [-0.1, -0.05) is 6.92 Å². The van der Waals surface area contributed by atoms with E-state index in [-0.39, 0.29) is 11.9 Å². The van der Waals surface area contributed by atoms with Gasteiger partial charge in [-0.15, -0.1) is 11.3 Å². The number of nitrogens with zero attached hydrogens (tertiary/aromatic N) is 3. The Balaban J connectivity index is 1.83. The third-order valence-corrected chi connectivity index (χ3v) is 4.98. The quantitative estimate of drug-likeness (QED) is 0.940. The second kappa shape index (κ2) is 5.99. The molecule has 1 aliphatic rings. The van der Waals surface area contributed by atoms with E-state index >= 15 is 0 Å². The summed E-state index contributed by atoms with van der Waals surface area (Å²) in [6, 6.07) is 2.33. The van der Waals surface area contributed by atoms with Crippen LogP contribution in [0.25, 0.3) is 0 Å². The number of amides is 1. The maximum Gasteiger partial charge on any atom is 0.274 e. The van der Waals surface area contributed by atoms with Crippen molar-refractivity contribution in [3.63, 3.8) is 0 Å². The molecule has 112 valence electrons. The van der Waals surface area contributed by atoms with E-state index in [1.807, 2.05) is 9.47 Å². The maximum absolute atomic E-state index is 12.7. The molecule has 6 heteroatoms. The van der Waals surface area contributed by atoms with Gasteiger partial charge in [-0.05, 0) is 29.9 Å². The van der Waals surface area contributed by atoms with E-state index in [1.165, 1.54) is 10.4 Å². The molecule has 0 spiro atoms. The smallest absolute Gasteiger partial charge is 0.274 e. The van der Waals surface area contributed by atoms with E-state index in [1.54, 1.807) is 23.9 Å². The van der Waals surface area contributed by atoms with Gasteiger partial charge in [0.05, 0.1) is 12.4 Å². The first-order valence-corrected chi connectivity index (χ1v) is 8.21. The second-order valence-corrected chi connectivity index (χ2v) is 6.26. The Kier molecular flexibility index (Phi) is 4.07. The van der Waals surface area contributed by atoms with Crippen molar-refractivity contribution < 1.29 is 4.79 Å². The zero-order valence-corrected chi connectivity index (χ0v) is 13.0. The van der Waals surface area contributed by atoms with Gasteiger partial charge in [0.15, 0.2) is 0 Å². The minimum Gasteiger partial charge on any atom is -0.335 e. The first kappa shape index (κ1) is 14.3. The molecule has 3 heterocycles. The van der Waals surface area contributed by atoms with Gasteiger partial charge >= 0.3 is 0 Å². The van der Waals surface area contributed by atoms with Crippen LogP contribution in [0.2, 0.25) is 0 Å². The Labute approximate surface area is 128 Å². The van der Waals surface area contributed by atoms with Crippen LogP contribution in [0, 0.1) is 0 Å². The number of imidazole rings is 1. The predicted octanol–water partition coefficient (Wildman–Crippen LogP) is 2.05. The molecule has 0 bridgehead atoms. The molecule has 0 aromatic carbocycles. The summed E-state index contributed by atoms with van der Waals surface area (Å²) in [6.07, 6.45) is 5.35. The molecular formula is C15H20N4OS. The van der Waals surface area contributed by atoms with Crippen molar-refractivity contribution in [2.45, 2.75) is 32.4 Å². The molecule has 0 radical (unpaired) electrons. The van der Waals surface area contributed by atoms with E-state index in [4.69, 9.17) is 5.73 Å². The molecule has 1 atom stereocenters. The Morgan fingerprint density at radius 1 is 1.57 bits per heavy atom. The van der Waals surface area contributed by atoms with Gasteiger partial charge in [0.25, 0.3) is 5.91 Å². The maximum atomic E-state index is 12.7. The topological polar surface area (TPSA) is 64.2 Å². The largest absolute Gasteiger partial charge is 0.335 e. The number of nitrogens with two attached hydrogens (primary N) is 1. The third-order valence-electron chi connectivity index (χ3n) is 3.98. The SMILES string of the molecule is CCC1c2ccsc2CCN1C(=O)c1cn(CCN)cn1. The first-order valence-electron chi connectivity index (χ1n) is 7.33. The van der Waals surface area contributed by atoms with Gasteiger partial charge in [0.2, 0.25) is 0 Å². The zero-order chi connectivity index (χ0) is 14.8. The fourth-order valence-corrected chi connectivity index (χ4v) is 3.90. The Morgan fingerprint density at radius 3 is 3.19 bits per heavy atom. The molecule has 1 aliphatic heterocycles. The molecule has 21 heavy (non-hydrogen) atoms.